The Labute approximate surface area is 111 Å². The van der Waals surface area contributed by atoms with Crippen molar-refractivity contribution in [3.8, 4) is 6.01 Å². The van der Waals surface area contributed by atoms with Crippen LogP contribution in [-0.4, -0.2) is 29.2 Å². The summed E-state index contributed by atoms with van der Waals surface area (Å²) in [6.45, 7) is 2.28. The molecule has 0 fully saturated rings. The van der Waals surface area contributed by atoms with Crippen LogP contribution in [0.4, 0.5) is 5.82 Å². The molecule has 0 saturated heterocycles. The molecule has 0 radical (unpaired) electrons. The average Bonchev–Trinajstić information content (AvgIpc) is 2.34. The van der Waals surface area contributed by atoms with Gasteiger partial charge >= 0.3 is 12.0 Å². The Morgan fingerprint density at radius 3 is 2.79 bits per heavy atom. The minimum absolute atomic E-state index is 0.146. The first-order valence-corrected chi connectivity index (χ1v) is 6.09. The van der Waals surface area contributed by atoms with Gasteiger partial charge in [0.05, 0.1) is 13.7 Å². The van der Waals surface area contributed by atoms with E-state index in [1.807, 2.05) is 0 Å². The second-order valence-electron chi connectivity index (χ2n) is 4.06. The molecule has 7 heteroatoms. The fourth-order valence-electron chi connectivity index (χ4n) is 1.63. The molecule has 0 aliphatic heterocycles. The lowest BCUT2D eigenvalue weighted by Crippen LogP contribution is -2.23. The largest absolute Gasteiger partial charge is 0.468 e. The quantitative estimate of drug-likeness (QED) is 0.574. The number of nitrogen functional groups attached to an aromatic ring is 1. The van der Waals surface area contributed by atoms with Gasteiger partial charge in [-0.1, -0.05) is 0 Å². The number of aromatic nitrogens is 2. The highest BCUT2D eigenvalue weighted by Crippen LogP contribution is 2.08. The number of esters is 1. The van der Waals surface area contributed by atoms with Crippen molar-refractivity contribution in [2.24, 2.45) is 0 Å². The van der Waals surface area contributed by atoms with E-state index in [2.05, 4.69) is 4.98 Å². The molecule has 1 aromatic rings. The third kappa shape index (κ3) is 4.99. The van der Waals surface area contributed by atoms with Gasteiger partial charge in [0.1, 0.15) is 5.82 Å². The second-order valence-corrected chi connectivity index (χ2v) is 4.06. The van der Waals surface area contributed by atoms with Gasteiger partial charge in [0.15, 0.2) is 0 Å². The second kappa shape index (κ2) is 7.40. The van der Waals surface area contributed by atoms with E-state index in [0.29, 0.717) is 13.2 Å². The van der Waals surface area contributed by atoms with Crippen molar-refractivity contribution in [3.05, 3.63) is 16.4 Å². The maximum atomic E-state index is 11.7. The monoisotopic (exact) mass is 269 g/mol. The highest BCUT2D eigenvalue weighted by Gasteiger charge is 2.07. The van der Waals surface area contributed by atoms with Gasteiger partial charge < -0.3 is 15.2 Å². The Kier molecular flexibility index (Phi) is 5.84. The molecule has 106 valence electrons. The molecule has 1 aromatic heterocycles. The molecule has 0 unspecified atom stereocenters. The molecule has 19 heavy (non-hydrogen) atoms. The summed E-state index contributed by atoms with van der Waals surface area (Å²) in [7, 11) is 1.44. The zero-order chi connectivity index (χ0) is 14.3. The standard InChI is InChI=1S/C12H19N3O4/c1-9(16)19-7-5-3-4-6-15-11(17)8-10(13)14-12(15)18-2/h8H,3-7,13H2,1-2H3. The number of carbonyl (C=O) groups is 1. The fourth-order valence-corrected chi connectivity index (χ4v) is 1.63. The van der Waals surface area contributed by atoms with Gasteiger partial charge in [0.2, 0.25) is 0 Å². The molecule has 7 nitrogen and oxygen atoms in total. The molecular formula is C12H19N3O4. The normalized spacial score (nSPS) is 10.2. The average molecular weight is 269 g/mol. The molecule has 2 N–H and O–H groups in total. The minimum Gasteiger partial charge on any atom is -0.468 e. The lowest BCUT2D eigenvalue weighted by Gasteiger charge is -2.10. The number of anilines is 1. The van der Waals surface area contributed by atoms with Crippen LogP contribution in [0.1, 0.15) is 26.2 Å². The SMILES string of the molecule is COc1nc(N)cc(=O)n1CCCCCOC(C)=O. The zero-order valence-electron chi connectivity index (χ0n) is 11.2. The van der Waals surface area contributed by atoms with Gasteiger partial charge in [-0.25, -0.2) is 0 Å². The Morgan fingerprint density at radius 2 is 2.16 bits per heavy atom. The molecule has 0 aliphatic carbocycles. The lowest BCUT2D eigenvalue weighted by molar-refractivity contribution is -0.141. The number of hydrogen-bond donors (Lipinski definition) is 1. The summed E-state index contributed by atoms with van der Waals surface area (Å²) < 4.78 is 11.3. The molecule has 0 spiro atoms. The third-order valence-electron chi connectivity index (χ3n) is 2.51. The molecule has 0 aliphatic rings. The highest BCUT2D eigenvalue weighted by molar-refractivity contribution is 5.65. The number of ether oxygens (including phenoxy) is 2. The van der Waals surface area contributed by atoms with E-state index in [0.717, 1.165) is 19.3 Å². The Morgan fingerprint density at radius 1 is 1.42 bits per heavy atom. The van der Waals surface area contributed by atoms with Gasteiger partial charge in [-0.2, -0.15) is 4.98 Å². The summed E-state index contributed by atoms with van der Waals surface area (Å²) in [5, 5.41) is 0. The van der Waals surface area contributed by atoms with Crippen LogP contribution in [0.15, 0.2) is 10.9 Å². The van der Waals surface area contributed by atoms with Crippen molar-refractivity contribution in [2.45, 2.75) is 32.7 Å². The van der Waals surface area contributed by atoms with E-state index in [-0.39, 0.29) is 23.4 Å². The summed E-state index contributed by atoms with van der Waals surface area (Å²) >= 11 is 0. The van der Waals surface area contributed by atoms with Crippen LogP contribution < -0.4 is 16.0 Å². The van der Waals surface area contributed by atoms with Gasteiger partial charge in [-0.3, -0.25) is 14.2 Å². The predicted octanol–water partition coefficient (Wildman–Crippen LogP) is 0.567. The number of methoxy groups -OCH3 is 1. The maximum absolute atomic E-state index is 11.7. The topological polar surface area (TPSA) is 96.4 Å². The number of unbranched alkanes of at least 4 members (excludes halogenated alkanes) is 2. The van der Waals surface area contributed by atoms with Crippen LogP contribution >= 0.6 is 0 Å². The van der Waals surface area contributed by atoms with E-state index in [4.69, 9.17) is 15.2 Å². The van der Waals surface area contributed by atoms with E-state index in [1.165, 1.54) is 24.7 Å². The Hall–Kier alpha value is -2.05. The summed E-state index contributed by atoms with van der Waals surface area (Å²) in [5.74, 6) is -0.131. The van der Waals surface area contributed by atoms with Crippen molar-refractivity contribution in [1.29, 1.82) is 0 Å². The molecule has 0 saturated carbocycles. The van der Waals surface area contributed by atoms with Crippen LogP contribution in [0.3, 0.4) is 0 Å². The molecule has 0 aromatic carbocycles. The van der Waals surface area contributed by atoms with Crippen molar-refractivity contribution in [3.63, 3.8) is 0 Å². The van der Waals surface area contributed by atoms with E-state index >= 15 is 0 Å². The number of carbonyl (C=O) groups excluding carboxylic acids is 1. The predicted molar refractivity (Wildman–Crippen MR) is 69.9 cm³/mol. The van der Waals surface area contributed by atoms with Crippen LogP contribution in [0.25, 0.3) is 0 Å². The highest BCUT2D eigenvalue weighted by atomic mass is 16.5. The van der Waals surface area contributed by atoms with Crippen LogP contribution in [-0.2, 0) is 16.1 Å². The third-order valence-corrected chi connectivity index (χ3v) is 2.51. The zero-order valence-corrected chi connectivity index (χ0v) is 11.2. The lowest BCUT2D eigenvalue weighted by atomic mass is 10.2. The smallest absolute Gasteiger partial charge is 0.302 e. The molecular weight excluding hydrogens is 250 g/mol. The first-order valence-electron chi connectivity index (χ1n) is 6.09. The van der Waals surface area contributed by atoms with Crippen LogP contribution in [0.5, 0.6) is 6.01 Å². The Bertz CT molecular complexity index is 484. The number of nitrogens with zero attached hydrogens (tertiary/aromatic N) is 2. The summed E-state index contributed by atoms with van der Waals surface area (Å²) in [5.41, 5.74) is 5.24. The van der Waals surface area contributed by atoms with Crippen molar-refractivity contribution in [2.75, 3.05) is 19.5 Å². The first-order chi connectivity index (χ1) is 9.04. The summed E-state index contributed by atoms with van der Waals surface area (Å²) in [6.07, 6.45) is 2.37. The molecule has 0 bridgehead atoms. The van der Waals surface area contributed by atoms with Gasteiger partial charge in [0, 0.05) is 19.5 Å². The minimum atomic E-state index is -0.277. The molecule has 1 heterocycles. The van der Waals surface area contributed by atoms with Gasteiger partial charge in [-0.15, -0.1) is 0 Å². The Balaban J connectivity index is 2.45. The van der Waals surface area contributed by atoms with E-state index < -0.39 is 0 Å². The van der Waals surface area contributed by atoms with Crippen molar-refractivity contribution >= 4 is 11.8 Å². The van der Waals surface area contributed by atoms with Crippen molar-refractivity contribution in [1.82, 2.24) is 9.55 Å². The molecule has 0 amide bonds. The van der Waals surface area contributed by atoms with E-state index in [9.17, 15) is 9.59 Å². The molecule has 1 rings (SSSR count). The summed E-state index contributed by atoms with van der Waals surface area (Å²) in [4.78, 5) is 26.2. The maximum Gasteiger partial charge on any atom is 0.302 e. The number of nitrogens with two attached hydrogens (primary N) is 1. The summed E-state index contributed by atoms with van der Waals surface area (Å²) in [6, 6.07) is 1.48. The fraction of sp³-hybridized carbons (Fsp3) is 0.583. The van der Waals surface area contributed by atoms with E-state index in [1.54, 1.807) is 0 Å². The number of rotatable bonds is 7. The van der Waals surface area contributed by atoms with Crippen LogP contribution in [0, 0.1) is 0 Å². The van der Waals surface area contributed by atoms with Gasteiger partial charge in [-0.05, 0) is 19.3 Å². The number of hydrogen-bond acceptors (Lipinski definition) is 6. The molecule has 0 atom stereocenters. The first kappa shape index (κ1) is 15.0. The van der Waals surface area contributed by atoms with Crippen LogP contribution in [0.2, 0.25) is 0 Å². The van der Waals surface area contributed by atoms with Crippen molar-refractivity contribution < 1.29 is 14.3 Å². The van der Waals surface area contributed by atoms with Gasteiger partial charge in [0.25, 0.3) is 5.56 Å².